The van der Waals surface area contributed by atoms with Gasteiger partial charge in [-0.3, -0.25) is 4.79 Å². The number of fused-ring (bicyclic) bond motifs is 1. The highest BCUT2D eigenvalue weighted by molar-refractivity contribution is 5.95. The van der Waals surface area contributed by atoms with Gasteiger partial charge in [-0.25, -0.2) is 9.97 Å². The van der Waals surface area contributed by atoms with Crippen molar-refractivity contribution in [3.05, 3.63) is 53.1 Å². The number of hydrogen-bond donors (Lipinski definition) is 1. The summed E-state index contributed by atoms with van der Waals surface area (Å²) in [6, 6.07) is 7.27. The van der Waals surface area contributed by atoms with Crippen LogP contribution in [0.5, 0.6) is 5.75 Å². The van der Waals surface area contributed by atoms with Crippen LogP contribution in [0.1, 0.15) is 46.3 Å². The fourth-order valence-corrected chi connectivity index (χ4v) is 3.61. The summed E-state index contributed by atoms with van der Waals surface area (Å²) in [6.45, 7) is 2.51. The largest absolute Gasteiger partial charge is 0.497 e. The van der Waals surface area contributed by atoms with Crippen LogP contribution in [-0.4, -0.2) is 41.0 Å². The summed E-state index contributed by atoms with van der Waals surface area (Å²) in [5.41, 5.74) is 2.93. The van der Waals surface area contributed by atoms with E-state index in [9.17, 15) is 4.79 Å². The van der Waals surface area contributed by atoms with Gasteiger partial charge in [-0.1, -0.05) is 6.07 Å². The average molecular weight is 338 g/mol. The maximum absolute atomic E-state index is 13.0. The van der Waals surface area contributed by atoms with E-state index in [4.69, 9.17) is 9.72 Å². The third-order valence-corrected chi connectivity index (χ3v) is 4.96. The topological polar surface area (TPSA) is 67.3 Å². The van der Waals surface area contributed by atoms with Gasteiger partial charge in [0, 0.05) is 49.1 Å². The van der Waals surface area contributed by atoms with Gasteiger partial charge < -0.3 is 15.0 Å². The van der Waals surface area contributed by atoms with Gasteiger partial charge >= 0.3 is 0 Å². The third-order valence-electron chi connectivity index (χ3n) is 4.96. The highest BCUT2D eigenvalue weighted by Crippen LogP contribution is 2.32. The van der Waals surface area contributed by atoms with Gasteiger partial charge in [0.1, 0.15) is 5.75 Å². The zero-order chi connectivity index (χ0) is 17.2. The quantitative estimate of drug-likeness (QED) is 0.928. The number of aromatic nitrogens is 2. The van der Waals surface area contributed by atoms with Crippen molar-refractivity contribution in [3.63, 3.8) is 0 Å². The molecule has 1 atom stereocenters. The van der Waals surface area contributed by atoms with Crippen LogP contribution in [0.2, 0.25) is 0 Å². The summed E-state index contributed by atoms with van der Waals surface area (Å²) in [5, 5.41) is 3.33. The van der Waals surface area contributed by atoms with E-state index >= 15 is 0 Å². The number of amides is 1. The molecule has 2 aromatic rings. The van der Waals surface area contributed by atoms with E-state index in [1.54, 1.807) is 13.2 Å². The Hall–Kier alpha value is -2.47. The number of nitrogens with zero attached hydrogens (tertiary/aromatic N) is 3. The van der Waals surface area contributed by atoms with Crippen LogP contribution in [0.3, 0.4) is 0 Å². The monoisotopic (exact) mass is 338 g/mol. The Morgan fingerprint density at radius 3 is 3.20 bits per heavy atom. The van der Waals surface area contributed by atoms with Crippen molar-refractivity contribution in [1.82, 2.24) is 20.2 Å². The second kappa shape index (κ2) is 6.80. The molecule has 0 bridgehead atoms. The van der Waals surface area contributed by atoms with E-state index in [2.05, 4.69) is 10.3 Å². The van der Waals surface area contributed by atoms with Crippen molar-refractivity contribution < 1.29 is 9.53 Å². The fourth-order valence-electron chi connectivity index (χ4n) is 3.61. The third kappa shape index (κ3) is 3.09. The normalized spacial score (nSPS) is 19.6. The number of hydrogen-bond acceptors (Lipinski definition) is 5. The molecule has 130 valence electrons. The number of rotatable bonds is 3. The summed E-state index contributed by atoms with van der Waals surface area (Å²) < 4.78 is 5.24. The Morgan fingerprint density at radius 1 is 1.40 bits per heavy atom. The average Bonchev–Trinajstić information content (AvgIpc) is 3.17. The molecule has 1 saturated heterocycles. The van der Waals surface area contributed by atoms with Crippen molar-refractivity contribution in [2.24, 2.45) is 0 Å². The number of methoxy groups -OCH3 is 1. The lowest BCUT2D eigenvalue weighted by Crippen LogP contribution is -2.32. The van der Waals surface area contributed by atoms with Gasteiger partial charge in [-0.15, -0.1) is 0 Å². The van der Waals surface area contributed by atoms with Crippen molar-refractivity contribution in [2.75, 3.05) is 20.2 Å². The van der Waals surface area contributed by atoms with E-state index in [0.717, 1.165) is 50.4 Å². The van der Waals surface area contributed by atoms with Gasteiger partial charge in [-0.2, -0.15) is 0 Å². The van der Waals surface area contributed by atoms with Crippen LogP contribution in [0.25, 0.3) is 0 Å². The van der Waals surface area contributed by atoms with Gasteiger partial charge in [-0.05, 0) is 31.0 Å². The van der Waals surface area contributed by atoms with Gasteiger partial charge in [0.05, 0.1) is 13.2 Å². The molecular formula is C19H22N4O2. The molecular weight excluding hydrogens is 316 g/mol. The molecule has 1 amide bonds. The zero-order valence-corrected chi connectivity index (χ0v) is 14.4. The van der Waals surface area contributed by atoms with Crippen molar-refractivity contribution in [3.8, 4) is 5.75 Å². The Bertz CT molecular complexity index is 793. The minimum absolute atomic E-state index is 0.0180. The summed E-state index contributed by atoms with van der Waals surface area (Å²) in [6.07, 6.45) is 4.72. The molecule has 1 fully saturated rings. The second-order valence-corrected chi connectivity index (χ2v) is 6.52. The highest BCUT2D eigenvalue weighted by Gasteiger charge is 2.33. The Balaban J connectivity index is 1.60. The molecule has 1 aromatic heterocycles. The van der Waals surface area contributed by atoms with E-state index in [0.29, 0.717) is 11.3 Å². The molecule has 0 aliphatic carbocycles. The molecule has 0 spiro atoms. The predicted molar refractivity (Wildman–Crippen MR) is 93.4 cm³/mol. The first-order valence-corrected chi connectivity index (χ1v) is 8.76. The molecule has 25 heavy (non-hydrogen) atoms. The van der Waals surface area contributed by atoms with Crippen molar-refractivity contribution >= 4 is 5.91 Å². The van der Waals surface area contributed by atoms with E-state index in [1.165, 1.54) is 5.56 Å². The van der Waals surface area contributed by atoms with Crippen LogP contribution in [-0.2, 0) is 13.0 Å². The van der Waals surface area contributed by atoms with Gasteiger partial charge in [0.25, 0.3) is 5.91 Å². The second-order valence-electron chi connectivity index (χ2n) is 6.52. The minimum atomic E-state index is -0.0427. The summed E-state index contributed by atoms with van der Waals surface area (Å²) in [5.74, 6) is 1.48. The number of ether oxygens (including phenoxy) is 1. The first kappa shape index (κ1) is 16.0. The zero-order valence-electron chi connectivity index (χ0n) is 14.4. The molecule has 6 heteroatoms. The molecule has 0 radical (unpaired) electrons. The Kier molecular flexibility index (Phi) is 4.36. The number of nitrogens with one attached hydrogen (secondary N) is 1. The lowest BCUT2D eigenvalue weighted by Gasteiger charge is -2.25. The highest BCUT2D eigenvalue weighted by atomic mass is 16.5. The lowest BCUT2D eigenvalue weighted by molar-refractivity contribution is 0.0729. The Morgan fingerprint density at radius 2 is 2.32 bits per heavy atom. The molecule has 3 heterocycles. The number of carbonyl (C=O) groups excluding carboxylic acids is 1. The number of likely N-dealkylation sites (tertiary alicyclic amines) is 1. The first-order chi connectivity index (χ1) is 12.3. The molecule has 0 unspecified atom stereocenters. The SMILES string of the molecule is COc1cccc(C(=O)N2CCC[C@@H]2c2ncc3c(n2)CCNC3)c1. The minimum Gasteiger partial charge on any atom is -0.497 e. The van der Waals surface area contributed by atoms with E-state index in [-0.39, 0.29) is 11.9 Å². The van der Waals surface area contributed by atoms with Crippen molar-refractivity contribution in [1.29, 1.82) is 0 Å². The van der Waals surface area contributed by atoms with Crippen LogP contribution >= 0.6 is 0 Å². The summed E-state index contributed by atoms with van der Waals surface area (Å²) >= 11 is 0. The molecule has 6 nitrogen and oxygen atoms in total. The van der Waals surface area contributed by atoms with E-state index < -0.39 is 0 Å². The summed E-state index contributed by atoms with van der Waals surface area (Å²) in [7, 11) is 1.61. The van der Waals surface area contributed by atoms with Crippen molar-refractivity contribution in [2.45, 2.75) is 31.8 Å². The predicted octanol–water partition coefficient (Wildman–Crippen LogP) is 2.11. The van der Waals surface area contributed by atoms with Crippen LogP contribution in [0, 0.1) is 0 Å². The van der Waals surface area contributed by atoms with Crippen LogP contribution in [0.15, 0.2) is 30.5 Å². The maximum atomic E-state index is 13.0. The standard InChI is InChI=1S/C19H22N4O2/c1-25-15-5-2-4-13(10-15)19(24)23-9-3-6-17(23)18-21-12-14-11-20-8-7-16(14)22-18/h2,4-5,10,12,17,20H,3,6-9,11H2,1H3/t17-/m1/s1. The number of carbonyl (C=O) groups is 1. The van der Waals surface area contributed by atoms with Crippen LogP contribution < -0.4 is 10.1 Å². The molecule has 2 aliphatic heterocycles. The first-order valence-electron chi connectivity index (χ1n) is 8.76. The molecule has 1 N–H and O–H groups in total. The smallest absolute Gasteiger partial charge is 0.254 e. The molecule has 4 rings (SSSR count). The maximum Gasteiger partial charge on any atom is 0.254 e. The Labute approximate surface area is 147 Å². The summed E-state index contributed by atoms with van der Waals surface area (Å²) in [4.78, 5) is 24.2. The van der Waals surface area contributed by atoms with Crippen LogP contribution in [0.4, 0.5) is 0 Å². The van der Waals surface area contributed by atoms with Gasteiger partial charge in [0.15, 0.2) is 5.82 Å². The fraction of sp³-hybridized carbons (Fsp3) is 0.421. The molecule has 1 aromatic carbocycles. The molecule has 0 saturated carbocycles. The molecule has 2 aliphatic rings. The lowest BCUT2D eigenvalue weighted by atomic mass is 10.1. The van der Waals surface area contributed by atoms with E-state index in [1.807, 2.05) is 29.3 Å². The number of benzene rings is 1. The van der Waals surface area contributed by atoms with Gasteiger partial charge in [0.2, 0.25) is 0 Å².